The minimum absolute atomic E-state index is 0.0176. The zero-order valence-corrected chi connectivity index (χ0v) is 19.5. The van der Waals surface area contributed by atoms with Crippen LogP contribution in [0, 0.1) is 19.3 Å². The SMILES string of the molecule is CCc1nn(CCCOC(=O)c2c(C)nn(C)c2C)c2c1C(=O)NCC1(CCOCC1)C2. The lowest BCUT2D eigenvalue weighted by atomic mass is 9.76. The molecular formula is C23H33N5O4. The fourth-order valence-corrected chi connectivity index (χ4v) is 4.88. The van der Waals surface area contributed by atoms with Crippen LogP contribution >= 0.6 is 0 Å². The van der Waals surface area contributed by atoms with Crippen LogP contribution in [0.1, 0.15) is 69.7 Å². The zero-order chi connectivity index (χ0) is 22.9. The lowest BCUT2D eigenvalue weighted by molar-refractivity contribution is 0.0152. The highest BCUT2D eigenvalue weighted by Crippen LogP contribution is 2.37. The van der Waals surface area contributed by atoms with E-state index in [0.717, 1.165) is 55.1 Å². The van der Waals surface area contributed by atoms with Gasteiger partial charge in [-0.25, -0.2) is 4.79 Å². The Labute approximate surface area is 188 Å². The van der Waals surface area contributed by atoms with Crippen LogP contribution in [0.4, 0.5) is 0 Å². The van der Waals surface area contributed by atoms with Crippen molar-refractivity contribution in [2.24, 2.45) is 12.5 Å². The summed E-state index contributed by atoms with van der Waals surface area (Å²) in [5, 5.41) is 12.2. The summed E-state index contributed by atoms with van der Waals surface area (Å²) in [5.74, 6) is -0.373. The smallest absolute Gasteiger partial charge is 0.341 e. The van der Waals surface area contributed by atoms with Gasteiger partial charge in [0.25, 0.3) is 5.91 Å². The van der Waals surface area contributed by atoms with Gasteiger partial charge in [-0.2, -0.15) is 10.2 Å². The molecule has 0 unspecified atom stereocenters. The molecule has 1 N–H and O–H groups in total. The van der Waals surface area contributed by atoms with E-state index in [1.807, 2.05) is 32.5 Å². The van der Waals surface area contributed by atoms with Crippen molar-refractivity contribution in [1.82, 2.24) is 24.9 Å². The highest BCUT2D eigenvalue weighted by molar-refractivity contribution is 5.97. The van der Waals surface area contributed by atoms with Crippen molar-refractivity contribution in [3.05, 3.63) is 33.9 Å². The largest absolute Gasteiger partial charge is 0.462 e. The summed E-state index contributed by atoms with van der Waals surface area (Å²) in [6, 6.07) is 0. The molecule has 4 rings (SSSR count). The molecule has 0 saturated carbocycles. The molecule has 9 nitrogen and oxygen atoms in total. The molecular weight excluding hydrogens is 410 g/mol. The average molecular weight is 444 g/mol. The summed E-state index contributed by atoms with van der Waals surface area (Å²) >= 11 is 0. The molecule has 2 aliphatic heterocycles. The molecule has 4 heterocycles. The molecule has 1 fully saturated rings. The Balaban J connectivity index is 1.46. The van der Waals surface area contributed by atoms with Crippen LogP contribution < -0.4 is 5.32 Å². The summed E-state index contributed by atoms with van der Waals surface area (Å²) in [6.07, 6.45) is 4.00. The number of rotatable bonds is 6. The van der Waals surface area contributed by atoms with E-state index in [0.29, 0.717) is 37.2 Å². The van der Waals surface area contributed by atoms with Crippen molar-refractivity contribution in [3.8, 4) is 0 Å². The predicted octanol–water partition coefficient (Wildman–Crippen LogP) is 2.13. The van der Waals surface area contributed by atoms with Gasteiger partial charge in [-0.15, -0.1) is 0 Å². The van der Waals surface area contributed by atoms with Gasteiger partial charge < -0.3 is 14.8 Å². The van der Waals surface area contributed by atoms with Gasteiger partial charge in [0.15, 0.2) is 0 Å². The zero-order valence-electron chi connectivity index (χ0n) is 19.5. The molecule has 9 heteroatoms. The van der Waals surface area contributed by atoms with Gasteiger partial charge in [-0.1, -0.05) is 6.92 Å². The lowest BCUT2D eigenvalue weighted by Crippen LogP contribution is -2.40. The number of carbonyl (C=O) groups is 2. The van der Waals surface area contributed by atoms with E-state index in [2.05, 4.69) is 10.4 Å². The van der Waals surface area contributed by atoms with Crippen molar-refractivity contribution < 1.29 is 19.1 Å². The van der Waals surface area contributed by atoms with E-state index in [4.69, 9.17) is 14.6 Å². The number of hydrogen-bond acceptors (Lipinski definition) is 6. The standard InChI is InChI=1S/C23H33N5O4/c1-5-17-20-18(13-23(14-24-21(20)29)7-11-31-12-8-23)28(26-17)9-6-10-32-22(30)19-15(2)25-27(4)16(19)3/h5-14H2,1-4H3,(H,24,29). The minimum atomic E-state index is -0.345. The third kappa shape index (κ3) is 4.18. The van der Waals surface area contributed by atoms with Crippen molar-refractivity contribution >= 4 is 11.9 Å². The number of aryl methyl sites for hydroxylation is 4. The van der Waals surface area contributed by atoms with Crippen LogP contribution in [-0.2, 0) is 35.9 Å². The van der Waals surface area contributed by atoms with E-state index >= 15 is 0 Å². The monoisotopic (exact) mass is 443 g/mol. The number of carbonyl (C=O) groups excluding carboxylic acids is 2. The first-order valence-electron chi connectivity index (χ1n) is 11.5. The Kier molecular flexibility index (Phi) is 6.37. The van der Waals surface area contributed by atoms with Crippen LogP contribution in [0.25, 0.3) is 0 Å². The molecule has 174 valence electrons. The summed E-state index contributed by atoms with van der Waals surface area (Å²) in [5.41, 5.74) is 4.59. The number of fused-ring (bicyclic) bond motifs is 1. The predicted molar refractivity (Wildman–Crippen MR) is 118 cm³/mol. The molecule has 2 aromatic heterocycles. The number of ether oxygens (including phenoxy) is 2. The summed E-state index contributed by atoms with van der Waals surface area (Å²) in [4.78, 5) is 25.4. The number of hydrogen-bond donors (Lipinski definition) is 1. The third-order valence-electron chi connectivity index (χ3n) is 6.87. The lowest BCUT2D eigenvalue weighted by Gasteiger charge is -2.36. The molecule has 2 aliphatic rings. The van der Waals surface area contributed by atoms with Crippen LogP contribution in [0.3, 0.4) is 0 Å². The van der Waals surface area contributed by atoms with Crippen molar-refractivity contribution in [3.63, 3.8) is 0 Å². The van der Waals surface area contributed by atoms with Crippen molar-refractivity contribution in [2.75, 3.05) is 26.4 Å². The second-order valence-corrected chi connectivity index (χ2v) is 8.98. The van der Waals surface area contributed by atoms with Gasteiger partial charge in [0.05, 0.1) is 29.3 Å². The topological polar surface area (TPSA) is 100 Å². The normalized spacial score (nSPS) is 17.7. The highest BCUT2D eigenvalue weighted by atomic mass is 16.5. The minimum Gasteiger partial charge on any atom is -0.462 e. The van der Waals surface area contributed by atoms with Crippen LogP contribution in [0.5, 0.6) is 0 Å². The Morgan fingerprint density at radius 3 is 2.66 bits per heavy atom. The second-order valence-electron chi connectivity index (χ2n) is 8.98. The van der Waals surface area contributed by atoms with E-state index in [1.54, 1.807) is 4.68 Å². The number of amides is 1. The first-order valence-corrected chi connectivity index (χ1v) is 11.5. The number of esters is 1. The molecule has 32 heavy (non-hydrogen) atoms. The fourth-order valence-electron chi connectivity index (χ4n) is 4.88. The Bertz CT molecular complexity index is 1020. The quantitative estimate of drug-likeness (QED) is 0.542. The molecule has 0 radical (unpaired) electrons. The van der Waals surface area contributed by atoms with E-state index in [-0.39, 0.29) is 23.9 Å². The maximum absolute atomic E-state index is 12.9. The van der Waals surface area contributed by atoms with Crippen molar-refractivity contribution in [1.29, 1.82) is 0 Å². The fraction of sp³-hybridized carbons (Fsp3) is 0.652. The molecule has 0 atom stereocenters. The van der Waals surface area contributed by atoms with Gasteiger partial charge in [0.1, 0.15) is 5.56 Å². The van der Waals surface area contributed by atoms with Crippen molar-refractivity contribution in [2.45, 2.75) is 59.4 Å². The molecule has 1 spiro atoms. The molecule has 1 amide bonds. The Morgan fingerprint density at radius 1 is 1.25 bits per heavy atom. The number of nitrogens with zero attached hydrogens (tertiary/aromatic N) is 4. The highest BCUT2D eigenvalue weighted by Gasteiger charge is 2.39. The number of nitrogens with one attached hydrogen (secondary N) is 1. The Hall–Kier alpha value is -2.68. The van der Waals surface area contributed by atoms with E-state index in [9.17, 15) is 9.59 Å². The van der Waals surface area contributed by atoms with Gasteiger partial charge in [0, 0.05) is 45.5 Å². The second kappa shape index (κ2) is 9.05. The number of aromatic nitrogens is 4. The van der Waals surface area contributed by atoms with Gasteiger partial charge >= 0.3 is 5.97 Å². The molecule has 1 saturated heterocycles. The summed E-state index contributed by atoms with van der Waals surface area (Å²) in [7, 11) is 1.81. The van der Waals surface area contributed by atoms with Gasteiger partial charge in [0.2, 0.25) is 0 Å². The first-order chi connectivity index (χ1) is 15.3. The third-order valence-corrected chi connectivity index (χ3v) is 6.87. The summed E-state index contributed by atoms with van der Waals surface area (Å²) < 4.78 is 14.8. The molecule has 2 aromatic rings. The van der Waals surface area contributed by atoms with E-state index in [1.165, 1.54) is 0 Å². The molecule has 0 aliphatic carbocycles. The van der Waals surface area contributed by atoms with E-state index < -0.39 is 0 Å². The molecule has 0 aromatic carbocycles. The first kappa shape index (κ1) is 22.5. The Morgan fingerprint density at radius 2 is 2.00 bits per heavy atom. The summed E-state index contributed by atoms with van der Waals surface area (Å²) in [6.45, 7) is 8.70. The average Bonchev–Trinajstić information content (AvgIpc) is 3.20. The van der Waals surface area contributed by atoms with Gasteiger partial charge in [-0.3, -0.25) is 14.2 Å². The van der Waals surface area contributed by atoms with Crippen LogP contribution in [-0.4, -0.2) is 57.8 Å². The maximum atomic E-state index is 12.9. The molecule has 0 bridgehead atoms. The van der Waals surface area contributed by atoms with Crippen LogP contribution in [0.2, 0.25) is 0 Å². The maximum Gasteiger partial charge on any atom is 0.341 e. The van der Waals surface area contributed by atoms with Gasteiger partial charge in [-0.05, 0) is 44.9 Å². The van der Waals surface area contributed by atoms with Crippen LogP contribution in [0.15, 0.2) is 0 Å².